The van der Waals surface area contributed by atoms with Crippen LogP contribution in [-0.4, -0.2) is 17.2 Å². The summed E-state index contributed by atoms with van der Waals surface area (Å²) in [5.74, 6) is -0.510. The monoisotopic (exact) mass is 298 g/mol. The first-order valence-corrected chi connectivity index (χ1v) is 6.56. The van der Waals surface area contributed by atoms with E-state index in [2.05, 4.69) is 15.9 Å². The Morgan fingerprint density at radius 3 is 2.71 bits per heavy atom. The second kappa shape index (κ2) is 5.08. The van der Waals surface area contributed by atoms with Crippen LogP contribution in [0.1, 0.15) is 37.7 Å². The van der Waals surface area contributed by atoms with E-state index in [9.17, 15) is 4.79 Å². The fourth-order valence-electron chi connectivity index (χ4n) is 1.69. The molecule has 0 aliphatic heterocycles. The molecule has 0 spiro atoms. The third-order valence-corrected chi connectivity index (χ3v) is 3.79. The molecule has 0 amide bonds. The molecule has 1 N–H and O–H groups in total. The number of carboxylic acids is 1. The van der Waals surface area contributed by atoms with Gasteiger partial charge in [-0.3, -0.25) is 4.79 Å². The quantitative estimate of drug-likeness (QED) is 0.924. The molecule has 4 heteroatoms. The van der Waals surface area contributed by atoms with E-state index in [-0.39, 0.29) is 0 Å². The van der Waals surface area contributed by atoms with Crippen LogP contribution in [0, 0.1) is 0 Å². The summed E-state index contributed by atoms with van der Waals surface area (Å²) >= 11 is 3.43. The Hall–Kier alpha value is -1.03. The van der Waals surface area contributed by atoms with Crippen molar-refractivity contribution in [2.24, 2.45) is 0 Å². The van der Waals surface area contributed by atoms with Gasteiger partial charge in [0.1, 0.15) is 5.75 Å². The highest BCUT2D eigenvalue weighted by atomic mass is 79.9. The molecule has 1 fully saturated rings. The lowest BCUT2D eigenvalue weighted by Gasteiger charge is -2.27. The van der Waals surface area contributed by atoms with E-state index in [1.54, 1.807) is 6.92 Å². The summed E-state index contributed by atoms with van der Waals surface area (Å²) in [6, 6.07) is 5.49. The standard InChI is InChI=1S/C13H15BrO3/c1-8(13(15)16)9-5-6-12(11(14)7-9)17-10-3-2-4-10/h5-8,10H,2-4H2,1H3,(H,15,16). The number of rotatable bonds is 4. The number of ether oxygens (including phenoxy) is 1. The minimum atomic E-state index is -0.815. The number of halogens is 1. The van der Waals surface area contributed by atoms with Crippen LogP contribution in [0.5, 0.6) is 5.75 Å². The van der Waals surface area contributed by atoms with E-state index in [0.29, 0.717) is 6.10 Å². The van der Waals surface area contributed by atoms with E-state index in [0.717, 1.165) is 28.6 Å². The summed E-state index contributed by atoms with van der Waals surface area (Å²) < 4.78 is 6.61. The fourth-order valence-corrected chi connectivity index (χ4v) is 2.18. The minimum Gasteiger partial charge on any atom is -0.489 e. The Balaban J connectivity index is 2.13. The third-order valence-electron chi connectivity index (χ3n) is 3.17. The Kier molecular flexibility index (Phi) is 3.72. The van der Waals surface area contributed by atoms with Crippen molar-refractivity contribution < 1.29 is 14.6 Å². The molecule has 1 aliphatic rings. The van der Waals surface area contributed by atoms with E-state index in [1.165, 1.54) is 6.42 Å². The molecule has 1 unspecified atom stereocenters. The van der Waals surface area contributed by atoms with Gasteiger partial charge in [0.15, 0.2) is 0 Å². The molecule has 0 radical (unpaired) electrons. The molecule has 2 rings (SSSR count). The number of benzene rings is 1. The maximum atomic E-state index is 10.9. The first-order chi connectivity index (χ1) is 8.08. The summed E-state index contributed by atoms with van der Waals surface area (Å²) in [5.41, 5.74) is 0.783. The topological polar surface area (TPSA) is 46.5 Å². The second-order valence-corrected chi connectivity index (χ2v) is 5.27. The van der Waals surface area contributed by atoms with Gasteiger partial charge in [0.25, 0.3) is 0 Å². The summed E-state index contributed by atoms with van der Waals surface area (Å²) in [6.07, 6.45) is 3.78. The zero-order valence-electron chi connectivity index (χ0n) is 9.65. The largest absolute Gasteiger partial charge is 0.489 e. The number of hydrogen-bond donors (Lipinski definition) is 1. The molecule has 0 saturated heterocycles. The van der Waals surface area contributed by atoms with Gasteiger partial charge in [-0.1, -0.05) is 6.07 Å². The van der Waals surface area contributed by atoms with E-state index >= 15 is 0 Å². The molecule has 0 heterocycles. The average Bonchev–Trinajstić information content (AvgIpc) is 2.23. The van der Waals surface area contributed by atoms with Crippen molar-refractivity contribution in [2.45, 2.75) is 38.2 Å². The maximum absolute atomic E-state index is 10.9. The van der Waals surface area contributed by atoms with Gasteiger partial charge in [-0.25, -0.2) is 0 Å². The van der Waals surface area contributed by atoms with Gasteiger partial charge in [-0.05, 0) is 59.8 Å². The highest BCUT2D eigenvalue weighted by Gasteiger charge is 2.21. The third kappa shape index (κ3) is 2.80. The summed E-state index contributed by atoms with van der Waals surface area (Å²) in [6.45, 7) is 1.68. The molecule has 1 atom stereocenters. The van der Waals surface area contributed by atoms with Gasteiger partial charge in [0.2, 0.25) is 0 Å². The fraction of sp³-hybridized carbons (Fsp3) is 0.462. The number of hydrogen-bond acceptors (Lipinski definition) is 2. The van der Waals surface area contributed by atoms with Crippen LogP contribution in [-0.2, 0) is 4.79 Å². The zero-order valence-corrected chi connectivity index (χ0v) is 11.2. The first kappa shape index (κ1) is 12.4. The van der Waals surface area contributed by atoms with Gasteiger partial charge in [0.05, 0.1) is 16.5 Å². The molecular weight excluding hydrogens is 284 g/mol. The predicted octanol–water partition coefficient (Wildman–Crippen LogP) is 3.57. The molecule has 92 valence electrons. The van der Waals surface area contributed by atoms with E-state index in [4.69, 9.17) is 9.84 Å². The van der Waals surface area contributed by atoms with Crippen LogP contribution >= 0.6 is 15.9 Å². The molecule has 3 nitrogen and oxygen atoms in total. The SMILES string of the molecule is CC(C(=O)O)c1ccc(OC2CCC2)c(Br)c1. The maximum Gasteiger partial charge on any atom is 0.310 e. The normalized spacial score (nSPS) is 17.3. The van der Waals surface area contributed by atoms with Crippen LogP contribution < -0.4 is 4.74 Å². The van der Waals surface area contributed by atoms with Crippen molar-refractivity contribution in [3.63, 3.8) is 0 Å². The number of carbonyl (C=O) groups is 1. The molecule has 0 aromatic heterocycles. The highest BCUT2D eigenvalue weighted by Crippen LogP contribution is 2.33. The van der Waals surface area contributed by atoms with Crippen LogP contribution in [0.15, 0.2) is 22.7 Å². The molecule has 1 saturated carbocycles. The second-order valence-electron chi connectivity index (χ2n) is 4.42. The van der Waals surface area contributed by atoms with Crippen LogP contribution in [0.3, 0.4) is 0 Å². The van der Waals surface area contributed by atoms with Crippen molar-refractivity contribution in [1.29, 1.82) is 0 Å². The molecule has 1 aromatic rings. The Labute approximate surface area is 109 Å². The smallest absolute Gasteiger partial charge is 0.310 e. The summed E-state index contributed by atoms with van der Waals surface area (Å²) in [5, 5.41) is 8.94. The molecule has 17 heavy (non-hydrogen) atoms. The van der Waals surface area contributed by atoms with Crippen molar-refractivity contribution >= 4 is 21.9 Å². The average molecular weight is 299 g/mol. The Bertz CT molecular complexity index is 427. The van der Waals surface area contributed by atoms with E-state index < -0.39 is 11.9 Å². The van der Waals surface area contributed by atoms with Gasteiger partial charge in [0, 0.05) is 0 Å². The predicted molar refractivity (Wildman–Crippen MR) is 68.5 cm³/mol. The lowest BCUT2D eigenvalue weighted by molar-refractivity contribution is -0.138. The molecule has 1 aliphatic carbocycles. The van der Waals surface area contributed by atoms with Crippen molar-refractivity contribution in [2.75, 3.05) is 0 Å². The van der Waals surface area contributed by atoms with Gasteiger partial charge < -0.3 is 9.84 Å². The van der Waals surface area contributed by atoms with Crippen LogP contribution in [0.4, 0.5) is 0 Å². The lowest BCUT2D eigenvalue weighted by atomic mass is 9.96. The first-order valence-electron chi connectivity index (χ1n) is 5.77. The molecule has 0 bridgehead atoms. The minimum absolute atomic E-state index is 0.328. The van der Waals surface area contributed by atoms with Crippen molar-refractivity contribution in [3.8, 4) is 5.75 Å². The molecule has 1 aromatic carbocycles. The highest BCUT2D eigenvalue weighted by molar-refractivity contribution is 9.10. The van der Waals surface area contributed by atoms with Gasteiger partial charge in [-0.2, -0.15) is 0 Å². The van der Waals surface area contributed by atoms with Gasteiger partial charge >= 0.3 is 5.97 Å². The number of aliphatic carboxylic acids is 1. The number of carboxylic acid groups (broad SMARTS) is 1. The lowest BCUT2D eigenvalue weighted by Crippen LogP contribution is -2.24. The van der Waals surface area contributed by atoms with Crippen LogP contribution in [0.25, 0.3) is 0 Å². The van der Waals surface area contributed by atoms with Gasteiger partial charge in [-0.15, -0.1) is 0 Å². The van der Waals surface area contributed by atoms with Crippen molar-refractivity contribution in [1.82, 2.24) is 0 Å². The Morgan fingerprint density at radius 2 is 2.24 bits per heavy atom. The Morgan fingerprint density at radius 1 is 1.53 bits per heavy atom. The zero-order chi connectivity index (χ0) is 12.4. The molecular formula is C13H15BrO3. The van der Waals surface area contributed by atoms with Crippen molar-refractivity contribution in [3.05, 3.63) is 28.2 Å². The van der Waals surface area contributed by atoms with E-state index in [1.807, 2.05) is 18.2 Å². The summed E-state index contributed by atoms with van der Waals surface area (Å²) in [7, 11) is 0. The van der Waals surface area contributed by atoms with Crippen LogP contribution in [0.2, 0.25) is 0 Å². The summed E-state index contributed by atoms with van der Waals surface area (Å²) in [4.78, 5) is 10.9.